The molecule has 1 aromatic carbocycles. The molecule has 1 aromatic heterocycles. The van der Waals surface area contributed by atoms with Gasteiger partial charge in [0.05, 0.1) is 18.4 Å². The van der Waals surface area contributed by atoms with Gasteiger partial charge >= 0.3 is 0 Å². The summed E-state index contributed by atoms with van der Waals surface area (Å²) in [6.45, 7) is 8.16. The third-order valence-corrected chi connectivity index (χ3v) is 3.18. The predicted octanol–water partition coefficient (Wildman–Crippen LogP) is 3.37. The minimum Gasteiger partial charge on any atom is -0.489 e. The number of aromatic nitrogens is 1. The van der Waals surface area contributed by atoms with Crippen LogP contribution in [0.25, 0.3) is 5.69 Å². The molecule has 1 N–H and O–H groups in total. The summed E-state index contributed by atoms with van der Waals surface area (Å²) in [5, 5.41) is 9.37. The molecule has 0 fully saturated rings. The summed E-state index contributed by atoms with van der Waals surface area (Å²) in [5.74, 6) is 0.865. The molecule has 2 aromatic rings. The number of aryl methyl sites for hydroxylation is 1. The Morgan fingerprint density at radius 1 is 1.21 bits per heavy atom. The topological polar surface area (TPSA) is 34.4 Å². The van der Waals surface area contributed by atoms with Gasteiger partial charge in [-0.2, -0.15) is 0 Å². The van der Waals surface area contributed by atoms with Gasteiger partial charge in [0.25, 0.3) is 0 Å². The molecule has 0 amide bonds. The van der Waals surface area contributed by atoms with E-state index in [-0.39, 0.29) is 12.7 Å². The quantitative estimate of drug-likeness (QED) is 0.913. The maximum absolute atomic E-state index is 9.37. The average Bonchev–Trinajstić information content (AvgIpc) is 2.65. The summed E-state index contributed by atoms with van der Waals surface area (Å²) in [4.78, 5) is 0. The fraction of sp³-hybridized carbons (Fsp3) is 0.375. The van der Waals surface area contributed by atoms with E-state index >= 15 is 0 Å². The second-order valence-corrected chi connectivity index (χ2v) is 5.02. The maximum Gasteiger partial charge on any atom is 0.143 e. The molecule has 0 unspecified atom stereocenters. The van der Waals surface area contributed by atoms with Crippen molar-refractivity contribution in [2.24, 2.45) is 0 Å². The van der Waals surface area contributed by atoms with Crippen molar-refractivity contribution in [3.8, 4) is 11.4 Å². The second-order valence-electron chi connectivity index (χ2n) is 5.02. The third-order valence-electron chi connectivity index (χ3n) is 3.18. The minimum absolute atomic E-state index is 0.0624. The molecule has 0 spiro atoms. The van der Waals surface area contributed by atoms with Crippen LogP contribution in [0.15, 0.2) is 30.3 Å². The van der Waals surface area contributed by atoms with Crippen molar-refractivity contribution in [3.05, 3.63) is 47.3 Å². The smallest absolute Gasteiger partial charge is 0.143 e. The number of para-hydroxylation sites is 2. The Bertz CT molecular complexity index is 570. The Morgan fingerprint density at radius 2 is 1.89 bits per heavy atom. The second kappa shape index (κ2) is 5.49. The van der Waals surface area contributed by atoms with Gasteiger partial charge in [-0.1, -0.05) is 12.1 Å². The van der Waals surface area contributed by atoms with Gasteiger partial charge in [-0.05, 0) is 51.5 Å². The molecule has 0 atom stereocenters. The molecule has 0 saturated heterocycles. The van der Waals surface area contributed by atoms with Crippen LogP contribution in [0, 0.1) is 13.8 Å². The number of hydrogen-bond donors (Lipinski definition) is 1. The summed E-state index contributed by atoms with van der Waals surface area (Å²) in [6, 6.07) is 10.0. The molecule has 3 nitrogen and oxygen atoms in total. The van der Waals surface area contributed by atoms with Gasteiger partial charge in [-0.3, -0.25) is 0 Å². The zero-order valence-corrected chi connectivity index (χ0v) is 12.0. The SMILES string of the molecule is Cc1cc(CO)c(C)n1-c1ccccc1OC(C)C. The van der Waals surface area contributed by atoms with E-state index in [1.165, 1.54) is 0 Å². The fourth-order valence-electron chi connectivity index (χ4n) is 2.36. The first kappa shape index (κ1) is 13.7. The van der Waals surface area contributed by atoms with E-state index < -0.39 is 0 Å². The summed E-state index contributed by atoms with van der Waals surface area (Å²) in [6.07, 6.45) is 0.134. The molecule has 0 radical (unpaired) electrons. The van der Waals surface area contributed by atoms with Crippen LogP contribution in [0.1, 0.15) is 30.8 Å². The van der Waals surface area contributed by atoms with Crippen molar-refractivity contribution < 1.29 is 9.84 Å². The molecule has 19 heavy (non-hydrogen) atoms. The highest BCUT2D eigenvalue weighted by molar-refractivity contribution is 5.50. The van der Waals surface area contributed by atoms with Gasteiger partial charge in [0.15, 0.2) is 0 Å². The molecule has 0 bridgehead atoms. The monoisotopic (exact) mass is 259 g/mol. The lowest BCUT2D eigenvalue weighted by atomic mass is 10.2. The van der Waals surface area contributed by atoms with E-state index in [0.29, 0.717) is 0 Å². The Balaban J connectivity index is 2.56. The van der Waals surface area contributed by atoms with Crippen molar-refractivity contribution in [2.75, 3.05) is 0 Å². The molecule has 2 rings (SSSR count). The summed E-state index contributed by atoms with van der Waals surface area (Å²) < 4.78 is 8.00. The molecule has 3 heteroatoms. The highest BCUT2D eigenvalue weighted by atomic mass is 16.5. The molecule has 0 aliphatic carbocycles. The van der Waals surface area contributed by atoms with E-state index in [9.17, 15) is 5.11 Å². The zero-order valence-electron chi connectivity index (χ0n) is 12.0. The van der Waals surface area contributed by atoms with Crippen LogP contribution in [0.2, 0.25) is 0 Å². The van der Waals surface area contributed by atoms with Crippen molar-refractivity contribution in [1.82, 2.24) is 4.57 Å². The summed E-state index contributed by atoms with van der Waals surface area (Å²) in [5.41, 5.74) is 4.13. The molecular formula is C16H21NO2. The standard InChI is InChI=1S/C16H21NO2/c1-11(2)19-16-8-6-5-7-15(16)17-12(3)9-14(10-18)13(17)4/h5-9,11,18H,10H2,1-4H3. The van der Waals surface area contributed by atoms with E-state index in [2.05, 4.69) is 4.57 Å². The van der Waals surface area contributed by atoms with Crippen LogP contribution in [-0.4, -0.2) is 15.8 Å². The Labute approximate surface area is 114 Å². The van der Waals surface area contributed by atoms with Crippen molar-refractivity contribution >= 4 is 0 Å². The molecule has 1 heterocycles. The van der Waals surface area contributed by atoms with Crippen LogP contribution in [0.3, 0.4) is 0 Å². The Hall–Kier alpha value is -1.74. The number of ether oxygens (including phenoxy) is 1. The highest BCUT2D eigenvalue weighted by Crippen LogP contribution is 2.28. The largest absolute Gasteiger partial charge is 0.489 e. The van der Waals surface area contributed by atoms with Crippen molar-refractivity contribution in [3.63, 3.8) is 0 Å². The summed E-state index contributed by atoms with van der Waals surface area (Å²) in [7, 11) is 0. The van der Waals surface area contributed by atoms with E-state index in [0.717, 1.165) is 28.4 Å². The molecule has 0 aliphatic rings. The van der Waals surface area contributed by atoms with Gasteiger partial charge in [0.1, 0.15) is 5.75 Å². The van der Waals surface area contributed by atoms with Gasteiger partial charge in [0, 0.05) is 11.4 Å². The number of benzene rings is 1. The summed E-state index contributed by atoms with van der Waals surface area (Å²) >= 11 is 0. The van der Waals surface area contributed by atoms with Gasteiger partial charge in [-0.25, -0.2) is 0 Å². The van der Waals surface area contributed by atoms with E-state index in [1.54, 1.807) is 0 Å². The molecule has 0 aliphatic heterocycles. The molecule has 102 valence electrons. The number of hydrogen-bond acceptors (Lipinski definition) is 2. The van der Waals surface area contributed by atoms with Crippen molar-refractivity contribution in [2.45, 2.75) is 40.4 Å². The Kier molecular flexibility index (Phi) is 3.96. The number of nitrogens with zero attached hydrogens (tertiary/aromatic N) is 1. The lowest BCUT2D eigenvalue weighted by Crippen LogP contribution is -2.09. The lowest BCUT2D eigenvalue weighted by molar-refractivity contribution is 0.241. The van der Waals surface area contributed by atoms with Crippen molar-refractivity contribution in [1.29, 1.82) is 0 Å². The minimum atomic E-state index is 0.0624. The van der Waals surface area contributed by atoms with E-state index in [4.69, 9.17) is 4.74 Å². The number of aliphatic hydroxyl groups excluding tert-OH is 1. The first-order valence-corrected chi connectivity index (χ1v) is 6.59. The Morgan fingerprint density at radius 3 is 2.47 bits per heavy atom. The number of aliphatic hydroxyl groups is 1. The fourth-order valence-corrected chi connectivity index (χ4v) is 2.36. The first-order chi connectivity index (χ1) is 9.04. The predicted molar refractivity (Wildman–Crippen MR) is 76.9 cm³/mol. The lowest BCUT2D eigenvalue weighted by Gasteiger charge is -2.17. The van der Waals surface area contributed by atoms with Crippen LogP contribution in [0.4, 0.5) is 0 Å². The number of rotatable bonds is 4. The third kappa shape index (κ3) is 2.66. The van der Waals surface area contributed by atoms with Crippen LogP contribution in [-0.2, 0) is 6.61 Å². The normalized spacial score (nSPS) is 11.1. The van der Waals surface area contributed by atoms with Gasteiger partial charge < -0.3 is 14.4 Å². The van der Waals surface area contributed by atoms with Crippen LogP contribution in [0.5, 0.6) is 5.75 Å². The van der Waals surface area contributed by atoms with Gasteiger partial charge in [0.2, 0.25) is 0 Å². The van der Waals surface area contributed by atoms with Crippen LogP contribution >= 0.6 is 0 Å². The van der Waals surface area contributed by atoms with Crippen LogP contribution < -0.4 is 4.74 Å². The zero-order chi connectivity index (χ0) is 14.0. The maximum atomic E-state index is 9.37. The molecule has 0 saturated carbocycles. The average molecular weight is 259 g/mol. The first-order valence-electron chi connectivity index (χ1n) is 6.59. The van der Waals surface area contributed by atoms with E-state index in [1.807, 2.05) is 58.0 Å². The highest BCUT2D eigenvalue weighted by Gasteiger charge is 2.14. The van der Waals surface area contributed by atoms with Gasteiger partial charge in [-0.15, -0.1) is 0 Å². The molecular weight excluding hydrogens is 238 g/mol.